The Bertz CT molecular complexity index is 394. The van der Waals surface area contributed by atoms with Crippen LogP contribution in [-0.4, -0.2) is 42.7 Å². The Hall–Kier alpha value is -0.490. The maximum Gasteiger partial charge on any atom is 0.123 e. The average Bonchev–Trinajstić information content (AvgIpc) is 2.95. The van der Waals surface area contributed by atoms with E-state index in [9.17, 15) is 0 Å². The van der Waals surface area contributed by atoms with Gasteiger partial charge in [-0.15, -0.1) is 11.3 Å². The molecule has 0 spiro atoms. The highest BCUT2D eigenvalue weighted by Crippen LogP contribution is 2.29. The minimum Gasteiger partial charge on any atom is -0.368 e. The maximum atomic E-state index is 5.90. The fourth-order valence-corrected chi connectivity index (χ4v) is 3.47. The van der Waals surface area contributed by atoms with Crippen molar-refractivity contribution in [2.45, 2.75) is 45.8 Å². The lowest BCUT2D eigenvalue weighted by atomic mass is 10.2. The number of rotatable bonds is 7. The Labute approximate surface area is 126 Å². The molecular weight excluding hydrogens is 270 g/mol. The zero-order valence-corrected chi connectivity index (χ0v) is 13.7. The standard InChI is InChI=1S/C15H27N3OS/c1-4-6-16-12(3)14-10-17-15(20-14)13-11-18(7-5-2)8-9-19-13/h10,12-13,16H,4-9,11H2,1-3H3. The van der Waals surface area contributed by atoms with Gasteiger partial charge < -0.3 is 10.1 Å². The molecule has 0 aliphatic carbocycles. The molecule has 20 heavy (non-hydrogen) atoms. The van der Waals surface area contributed by atoms with Crippen molar-refractivity contribution in [3.8, 4) is 0 Å². The molecule has 2 atom stereocenters. The molecule has 1 aromatic rings. The lowest BCUT2D eigenvalue weighted by Crippen LogP contribution is -2.38. The van der Waals surface area contributed by atoms with E-state index in [0.717, 1.165) is 44.2 Å². The average molecular weight is 297 g/mol. The second-order valence-electron chi connectivity index (χ2n) is 5.44. The largest absolute Gasteiger partial charge is 0.368 e. The lowest BCUT2D eigenvalue weighted by molar-refractivity contribution is -0.0299. The van der Waals surface area contributed by atoms with Crippen LogP contribution in [0.4, 0.5) is 0 Å². The molecule has 1 N–H and O–H groups in total. The molecular formula is C15H27N3OS. The second-order valence-corrected chi connectivity index (χ2v) is 6.53. The van der Waals surface area contributed by atoms with Gasteiger partial charge in [-0.2, -0.15) is 0 Å². The highest BCUT2D eigenvalue weighted by Gasteiger charge is 2.24. The van der Waals surface area contributed by atoms with Crippen LogP contribution in [0.1, 0.15) is 55.6 Å². The van der Waals surface area contributed by atoms with Crippen LogP contribution in [-0.2, 0) is 4.74 Å². The summed E-state index contributed by atoms with van der Waals surface area (Å²) in [7, 11) is 0. The minimum atomic E-state index is 0.160. The van der Waals surface area contributed by atoms with Gasteiger partial charge in [0.15, 0.2) is 0 Å². The molecule has 0 amide bonds. The summed E-state index contributed by atoms with van der Waals surface area (Å²) in [5, 5.41) is 4.64. The summed E-state index contributed by atoms with van der Waals surface area (Å²) in [5.74, 6) is 0. The molecule has 0 radical (unpaired) electrons. The van der Waals surface area contributed by atoms with Crippen molar-refractivity contribution in [1.29, 1.82) is 0 Å². The van der Waals surface area contributed by atoms with E-state index in [4.69, 9.17) is 4.74 Å². The SMILES string of the molecule is CCCNC(C)c1cnc(C2CN(CCC)CCO2)s1. The van der Waals surface area contributed by atoms with Crippen molar-refractivity contribution < 1.29 is 4.74 Å². The second kappa shape index (κ2) is 8.08. The fraction of sp³-hybridized carbons (Fsp3) is 0.800. The molecule has 1 aliphatic rings. The van der Waals surface area contributed by atoms with Gasteiger partial charge in [-0.1, -0.05) is 13.8 Å². The predicted molar refractivity (Wildman–Crippen MR) is 84.2 cm³/mol. The zero-order valence-electron chi connectivity index (χ0n) is 12.9. The number of nitrogens with zero attached hydrogens (tertiary/aromatic N) is 2. The van der Waals surface area contributed by atoms with Crippen LogP contribution < -0.4 is 5.32 Å². The molecule has 1 aromatic heterocycles. The predicted octanol–water partition coefficient (Wildman–Crippen LogP) is 2.99. The molecule has 2 rings (SSSR count). The Morgan fingerprint density at radius 2 is 2.35 bits per heavy atom. The van der Waals surface area contributed by atoms with E-state index in [0.29, 0.717) is 6.04 Å². The van der Waals surface area contributed by atoms with E-state index in [1.165, 1.54) is 11.3 Å². The van der Waals surface area contributed by atoms with Crippen molar-refractivity contribution in [1.82, 2.24) is 15.2 Å². The zero-order chi connectivity index (χ0) is 14.4. The van der Waals surface area contributed by atoms with Gasteiger partial charge in [-0.3, -0.25) is 4.90 Å². The third kappa shape index (κ3) is 4.25. The van der Waals surface area contributed by atoms with E-state index in [1.54, 1.807) is 11.3 Å². The topological polar surface area (TPSA) is 37.4 Å². The van der Waals surface area contributed by atoms with E-state index < -0.39 is 0 Å². The first kappa shape index (κ1) is 15.9. The van der Waals surface area contributed by atoms with E-state index in [-0.39, 0.29) is 6.10 Å². The highest BCUT2D eigenvalue weighted by atomic mass is 32.1. The van der Waals surface area contributed by atoms with Gasteiger partial charge in [0.25, 0.3) is 0 Å². The van der Waals surface area contributed by atoms with Crippen LogP contribution >= 0.6 is 11.3 Å². The fourth-order valence-electron chi connectivity index (χ4n) is 2.48. The first-order valence-corrected chi connectivity index (χ1v) is 8.59. The quantitative estimate of drug-likeness (QED) is 0.839. The molecule has 0 aromatic carbocycles. The van der Waals surface area contributed by atoms with Gasteiger partial charge in [0.1, 0.15) is 11.1 Å². The minimum absolute atomic E-state index is 0.160. The van der Waals surface area contributed by atoms with Gasteiger partial charge in [0.2, 0.25) is 0 Å². The molecule has 114 valence electrons. The van der Waals surface area contributed by atoms with Crippen LogP contribution in [0.25, 0.3) is 0 Å². The van der Waals surface area contributed by atoms with Crippen LogP contribution in [0.5, 0.6) is 0 Å². The van der Waals surface area contributed by atoms with Crippen molar-refractivity contribution in [3.05, 3.63) is 16.1 Å². The first-order valence-electron chi connectivity index (χ1n) is 7.77. The highest BCUT2D eigenvalue weighted by molar-refractivity contribution is 7.11. The van der Waals surface area contributed by atoms with E-state index in [1.807, 2.05) is 6.20 Å². The normalized spacial score (nSPS) is 22.1. The molecule has 4 nitrogen and oxygen atoms in total. The Morgan fingerprint density at radius 1 is 1.50 bits per heavy atom. The Balaban J connectivity index is 1.93. The summed E-state index contributed by atoms with van der Waals surface area (Å²) in [6.45, 7) is 11.7. The molecule has 1 fully saturated rings. The van der Waals surface area contributed by atoms with Crippen molar-refractivity contribution >= 4 is 11.3 Å². The van der Waals surface area contributed by atoms with E-state index in [2.05, 4.69) is 36.0 Å². The third-order valence-electron chi connectivity index (χ3n) is 3.63. The first-order chi connectivity index (χ1) is 9.74. The van der Waals surface area contributed by atoms with E-state index >= 15 is 0 Å². The van der Waals surface area contributed by atoms with Crippen LogP contribution in [0.3, 0.4) is 0 Å². The van der Waals surface area contributed by atoms with Crippen molar-refractivity contribution in [3.63, 3.8) is 0 Å². The molecule has 5 heteroatoms. The summed E-state index contributed by atoms with van der Waals surface area (Å²) in [4.78, 5) is 8.38. The van der Waals surface area contributed by atoms with Crippen LogP contribution in [0, 0.1) is 0 Å². The monoisotopic (exact) mass is 297 g/mol. The van der Waals surface area contributed by atoms with Crippen molar-refractivity contribution in [2.75, 3.05) is 32.8 Å². The van der Waals surface area contributed by atoms with Crippen LogP contribution in [0.2, 0.25) is 0 Å². The van der Waals surface area contributed by atoms with Crippen molar-refractivity contribution in [2.24, 2.45) is 0 Å². The molecule has 2 heterocycles. The van der Waals surface area contributed by atoms with Gasteiger partial charge in [0.05, 0.1) is 6.61 Å². The lowest BCUT2D eigenvalue weighted by Gasteiger charge is -2.31. The molecule has 1 saturated heterocycles. The Morgan fingerprint density at radius 3 is 3.10 bits per heavy atom. The summed E-state index contributed by atoms with van der Waals surface area (Å²) in [6.07, 6.45) is 4.53. The summed E-state index contributed by atoms with van der Waals surface area (Å²) in [5.41, 5.74) is 0. The van der Waals surface area contributed by atoms with Gasteiger partial charge >= 0.3 is 0 Å². The molecule has 2 unspecified atom stereocenters. The smallest absolute Gasteiger partial charge is 0.123 e. The number of aromatic nitrogens is 1. The van der Waals surface area contributed by atoms with Gasteiger partial charge in [-0.25, -0.2) is 4.98 Å². The summed E-state index contributed by atoms with van der Waals surface area (Å²) >= 11 is 1.79. The molecule has 1 aliphatic heterocycles. The third-order valence-corrected chi connectivity index (χ3v) is 4.91. The number of nitrogens with one attached hydrogen (secondary N) is 1. The number of hydrogen-bond donors (Lipinski definition) is 1. The van der Waals surface area contributed by atoms with Crippen LogP contribution in [0.15, 0.2) is 6.20 Å². The number of hydrogen-bond acceptors (Lipinski definition) is 5. The van der Waals surface area contributed by atoms with Gasteiger partial charge in [-0.05, 0) is 32.9 Å². The summed E-state index contributed by atoms with van der Waals surface area (Å²) < 4.78 is 5.90. The molecule has 0 bridgehead atoms. The molecule has 0 saturated carbocycles. The number of thiazole rings is 1. The Kier molecular flexibility index (Phi) is 6.42. The van der Waals surface area contributed by atoms with Gasteiger partial charge in [0, 0.05) is 30.2 Å². The maximum absolute atomic E-state index is 5.90. The summed E-state index contributed by atoms with van der Waals surface area (Å²) in [6, 6.07) is 0.386. The number of ether oxygens (including phenoxy) is 1. The number of morpholine rings is 1.